The van der Waals surface area contributed by atoms with Gasteiger partial charge in [0, 0.05) is 36.6 Å². The summed E-state index contributed by atoms with van der Waals surface area (Å²) in [6, 6.07) is 9.38. The lowest BCUT2D eigenvalue weighted by atomic mass is 10.1. The van der Waals surface area contributed by atoms with Crippen LogP contribution >= 0.6 is 12.4 Å². The quantitative estimate of drug-likeness (QED) is 0.313. The summed E-state index contributed by atoms with van der Waals surface area (Å²) in [5.41, 5.74) is 5.67. The van der Waals surface area contributed by atoms with Crippen LogP contribution in [0.15, 0.2) is 48.9 Å². The van der Waals surface area contributed by atoms with Gasteiger partial charge in [-0.05, 0) is 55.2 Å². The van der Waals surface area contributed by atoms with E-state index < -0.39 is 6.09 Å². The van der Waals surface area contributed by atoms with E-state index in [1.165, 1.54) is 23.9 Å². The van der Waals surface area contributed by atoms with E-state index in [0.29, 0.717) is 30.8 Å². The Kier molecular flexibility index (Phi) is 10.3. The predicted octanol–water partition coefficient (Wildman–Crippen LogP) is 6.23. The lowest BCUT2D eigenvalue weighted by Gasteiger charge is -2.19. The van der Waals surface area contributed by atoms with E-state index in [1.807, 2.05) is 35.1 Å². The van der Waals surface area contributed by atoms with E-state index in [0.717, 1.165) is 36.6 Å². The van der Waals surface area contributed by atoms with Gasteiger partial charge in [-0.15, -0.1) is 12.4 Å². The topological polar surface area (TPSA) is 70.4 Å². The van der Waals surface area contributed by atoms with Crippen molar-refractivity contribution in [2.75, 3.05) is 23.4 Å². The van der Waals surface area contributed by atoms with Crippen molar-refractivity contribution in [1.29, 1.82) is 0 Å². The average molecular weight is 463 g/mol. The Morgan fingerprint density at radius 2 is 1.97 bits per heavy atom. The van der Waals surface area contributed by atoms with E-state index in [1.54, 1.807) is 12.3 Å². The second kappa shape index (κ2) is 12.9. The maximum atomic E-state index is 13.7. The summed E-state index contributed by atoms with van der Waals surface area (Å²) in [6.07, 6.45) is 10.7. The largest absolute Gasteiger partial charge is 0.465 e. The zero-order chi connectivity index (χ0) is 22.1. The second-order valence-corrected chi connectivity index (χ2v) is 7.76. The Balaban J connectivity index is 0.00000363. The van der Waals surface area contributed by atoms with Crippen LogP contribution in [-0.4, -0.2) is 33.9 Å². The lowest BCUT2D eigenvalue weighted by molar-refractivity contribution is 0.201. The van der Waals surface area contributed by atoms with Gasteiger partial charge in [-0.3, -0.25) is 14.6 Å². The monoisotopic (exact) mass is 462 g/mol. The number of pyridine rings is 1. The van der Waals surface area contributed by atoms with Crippen molar-refractivity contribution >= 4 is 35.1 Å². The maximum Gasteiger partial charge on any atom is 0.411 e. The first-order chi connectivity index (χ1) is 15.1. The van der Waals surface area contributed by atoms with Crippen LogP contribution in [0.4, 0.5) is 14.9 Å². The molecule has 0 fully saturated rings. The minimum absolute atomic E-state index is 0. The SMILES string of the molecule is CCCCCCCN(C(=O)O)c1ccc2c(ccn2NCCCc2ccncc2F)c1.Cl. The molecule has 2 heterocycles. The number of carboxylic acid groups (broad SMARTS) is 1. The van der Waals surface area contributed by atoms with E-state index in [-0.39, 0.29) is 18.2 Å². The summed E-state index contributed by atoms with van der Waals surface area (Å²) in [5, 5.41) is 10.6. The van der Waals surface area contributed by atoms with Crippen molar-refractivity contribution in [2.24, 2.45) is 0 Å². The molecule has 32 heavy (non-hydrogen) atoms. The molecule has 8 heteroatoms. The van der Waals surface area contributed by atoms with Crippen LogP contribution in [0.3, 0.4) is 0 Å². The van der Waals surface area contributed by atoms with Gasteiger partial charge in [0.25, 0.3) is 0 Å². The Labute approximate surface area is 194 Å². The Morgan fingerprint density at radius 3 is 2.72 bits per heavy atom. The van der Waals surface area contributed by atoms with E-state index in [4.69, 9.17) is 0 Å². The van der Waals surface area contributed by atoms with Gasteiger partial charge in [-0.2, -0.15) is 0 Å². The number of aromatic nitrogens is 2. The highest BCUT2D eigenvalue weighted by molar-refractivity contribution is 5.91. The maximum absolute atomic E-state index is 13.7. The first-order valence-corrected chi connectivity index (χ1v) is 11.0. The molecule has 0 saturated carbocycles. The summed E-state index contributed by atoms with van der Waals surface area (Å²) in [5.74, 6) is -0.269. The molecule has 3 rings (SSSR count). The number of amides is 1. The standard InChI is InChI=1S/C24H31FN4O2.ClH/c1-2-3-4-5-6-15-28(24(30)31)21-9-10-23-20(17-21)12-16-29(23)27-13-7-8-19-11-14-26-18-22(19)25;/h9-12,14,16-18,27H,2-8,13,15H2,1H3,(H,30,31);1H. The number of halogens is 2. The molecule has 0 saturated heterocycles. The molecule has 2 aromatic heterocycles. The normalized spacial score (nSPS) is 10.7. The molecular weight excluding hydrogens is 431 g/mol. The number of rotatable bonds is 12. The third kappa shape index (κ3) is 6.85. The van der Waals surface area contributed by atoms with Gasteiger partial charge in [0.15, 0.2) is 0 Å². The molecule has 0 atom stereocenters. The van der Waals surface area contributed by atoms with Crippen molar-refractivity contribution in [1.82, 2.24) is 9.66 Å². The number of benzene rings is 1. The fourth-order valence-electron chi connectivity index (χ4n) is 3.73. The molecule has 0 unspecified atom stereocenters. The molecule has 0 aliphatic rings. The minimum Gasteiger partial charge on any atom is -0.465 e. The fraction of sp³-hybridized carbons (Fsp3) is 0.417. The number of unbranched alkanes of at least 4 members (excludes halogenated alkanes) is 4. The molecule has 0 spiro atoms. The van der Waals surface area contributed by atoms with Gasteiger partial charge in [0.1, 0.15) is 5.82 Å². The van der Waals surface area contributed by atoms with Crippen LogP contribution in [0.5, 0.6) is 0 Å². The van der Waals surface area contributed by atoms with Crippen molar-refractivity contribution in [3.8, 4) is 0 Å². The van der Waals surface area contributed by atoms with Crippen LogP contribution < -0.4 is 10.3 Å². The average Bonchev–Trinajstić information content (AvgIpc) is 3.17. The van der Waals surface area contributed by atoms with Gasteiger partial charge in [0.05, 0.1) is 11.7 Å². The van der Waals surface area contributed by atoms with Gasteiger partial charge >= 0.3 is 6.09 Å². The van der Waals surface area contributed by atoms with Crippen LogP contribution in [-0.2, 0) is 6.42 Å². The number of fused-ring (bicyclic) bond motifs is 1. The lowest BCUT2D eigenvalue weighted by Crippen LogP contribution is -2.30. The molecule has 0 aliphatic heterocycles. The van der Waals surface area contributed by atoms with Gasteiger partial charge in [0.2, 0.25) is 0 Å². The third-order valence-corrected chi connectivity index (χ3v) is 5.46. The van der Waals surface area contributed by atoms with Crippen LogP contribution in [0.1, 0.15) is 51.0 Å². The third-order valence-electron chi connectivity index (χ3n) is 5.46. The number of hydrogen-bond acceptors (Lipinski definition) is 3. The summed E-state index contributed by atoms with van der Waals surface area (Å²) < 4.78 is 15.6. The molecule has 3 aromatic rings. The molecule has 2 N–H and O–H groups in total. The molecule has 0 radical (unpaired) electrons. The zero-order valence-corrected chi connectivity index (χ0v) is 19.3. The molecule has 1 aromatic carbocycles. The smallest absolute Gasteiger partial charge is 0.411 e. The number of aryl methyl sites for hydroxylation is 1. The predicted molar refractivity (Wildman–Crippen MR) is 130 cm³/mol. The van der Waals surface area contributed by atoms with Gasteiger partial charge in [-0.25, -0.2) is 9.18 Å². The van der Waals surface area contributed by atoms with Crippen LogP contribution in [0, 0.1) is 5.82 Å². The van der Waals surface area contributed by atoms with Crippen molar-refractivity contribution < 1.29 is 14.3 Å². The molecular formula is C24H32ClFN4O2. The summed E-state index contributed by atoms with van der Waals surface area (Å²) >= 11 is 0. The van der Waals surface area contributed by atoms with Gasteiger partial charge < -0.3 is 10.5 Å². The van der Waals surface area contributed by atoms with Crippen molar-refractivity contribution in [3.63, 3.8) is 0 Å². The minimum atomic E-state index is -0.921. The van der Waals surface area contributed by atoms with Crippen LogP contribution in [0.25, 0.3) is 10.9 Å². The summed E-state index contributed by atoms with van der Waals surface area (Å²) in [7, 11) is 0. The molecule has 0 aliphatic carbocycles. The van der Waals surface area contributed by atoms with Crippen molar-refractivity contribution in [3.05, 3.63) is 60.3 Å². The highest BCUT2D eigenvalue weighted by Gasteiger charge is 2.15. The summed E-state index contributed by atoms with van der Waals surface area (Å²) in [4.78, 5) is 17.0. The molecule has 0 bridgehead atoms. The van der Waals surface area contributed by atoms with E-state index >= 15 is 0 Å². The second-order valence-electron chi connectivity index (χ2n) is 7.76. The Morgan fingerprint density at radius 1 is 1.16 bits per heavy atom. The summed E-state index contributed by atoms with van der Waals surface area (Å²) in [6.45, 7) is 3.36. The highest BCUT2D eigenvalue weighted by Crippen LogP contribution is 2.23. The number of hydrogen-bond donors (Lipinski definition) is 2. The highest BCUT2D eigenvalue weighted by atomic mass is 35.5. The molecule has 1 amide bonds. The number of carbonyl (C=O) groups is 1. The first kappa shape index (κ1) is 25.5. The Hall–Kier alpha value is -2.80. The van der Waals surface area contributed by atoms with E-state index in [2.05, 4.69) is 17.3 Å². The molecule has 174 valence electrons. The van der Waals surface area contributed by atoms with E-state index in [9.17, 15) is 14.3 Å². The number of nitrogens with zero attached hydrogens (tertiary/aromatic N) is 3. The van der Waals surface area contributed by atoms with Gasteiger partial charge in [-0.1, -0.05) is 32.6 Å². The van der Waals surface area contributed by atoms with Crippen LogP contribution in [0.2, 0.25) is 0 Å². The number of nitrogens with one attached hydrogen (secondary N) is 1. The zero-order valence-electron chi connectivity index (χ0n) is 18.5. The molecule has 6 nitrogen and oxygen atoms in total. The Bertz CT molecular complexity index is 995. The van der Waals surface area contributed by atoms with Crippen molar-refractivity contribution in [2.45, 2.75) is 51.9 Å². The fourth-order valence-corrected chi connectivity index (χ4v) is 3.73. The number of anilines is 1. The first-order valence-electron chi connectivity index (χ1n) is 11.0.